The number of hydrogen-bond donors (Lipinski definition) is 1. The Bertz CT molecular complexity index is 961. The molecule has 130 valence electrons. The van der Waals surface area contributed by atoms with E-state index in [-0.39, 0.29) is 16.4 Å². The van der Waals surface area contributed by atoms with Gasteiger partial charge < -0.3 is 9.84 Å². The first-order valence-electron chi connectivity index (χ1n) is 7.07. The number of sulfone groups is 1. The number of halogens is 2. The van der Waals surface area contributed by atoms with Gasteiger partial charge in [-0.3, -0.25) is 0 Å². The summed E-state index contributed by atoms with van der Waals surface area (Å²) < 4.78 is 31.7. The number of ether oxygens (including phenoxy) is 1. The molecule has 0 bridgehead atoms. The molecular weight excluding hydrogens is 474 g/mol. The zero-order valence-electron chi connectivity index (χ0n) is 13.0. The molecule has 5 nitrogen and oxygen atoms in total. The van der Waals surface area contributed by atoms with Crippen molar-refractivity contribution in [1.29, 1.82) is 5.26 Å². The van der Waals surface area contributed by atoms with Crippen LogP contribution < -0.4 is 4.74 Å². The molecule has 2 aromatic carbocycles. The number of phenols is 1. The topological polar surface area (TPSA) is 87.4 Å². The van der Waals surface area contributed by atoms with Gasteiger partial charge in [-0.15, -0.1) is 0 Å². The van der Waals surface area contributed by atoms with E-state index in [1.54, 1.807) is 25.1 Å². The second-order valence-electron chi connectivity index (χ2n) is 4.86. The second kappa shape index (κ2) is 8.04. The van der Waals surface area contributed by atoms with Gasteiger partial charge in [0.2, 0.25) is 9.84 Å². The number of rotatable bonds is 5. The van der Waals surface area contributed by atoms with E-state index in [1.807, 2.05) is 0 Å². The molecule has 25 heavy (non-hydrogen) atoms. The van der Waals surface area contributed by atoms with Crippen molar-refractivity contribution < 1.29 is 18.3 Å². The molecule has 0 unspecified atom stereocenters. The van der Waals surface area contributed by atoms with Crippen molar-refractivity contribution in [3.63, 3.8) is 0 Å². The molecule has 0 saturated heterocycles. The Kier molecular flexibility index (Phi) is 6.27. The highest BCUT2D eigenvalue weighted by atomic mass is 79.9. The fourth-order valence-electron chi connectivity index (χ4n) is 2.00. The Morgan fingerprint density at radius 1 is 1.28 bits per heavy atom. The first-order valence-corrected chi connectivity index (χ1v) is 10.1. The molecule has 2 rings (SSSR count). The van der Waals surface area contributed by atoms with E-state index in [0.717, 1.165) is 4.47 Å². The van der Waals surface area contributed by atoms with Crippen molar-refractivity contribution >= 4 is 47.8 Å². The van der Waals surface area contributed by atoms with E-state index in [4.69, 9.17) is 4.74 Å². The number of allylic oxidation sites excluding steroid dienone is 1. The van der Waals surface area contributed by atoms with Gasteiger partial charge in [0.1, 0.15) is 11.0 Å². The van der Waals surface area contributed by atoms with Gasteiger partial charge in [0.25, 0.3) is 0 Å². The van der Waals surface area contributed by atoms with Crippen LogP contribution in [0.25, 0.3) is 6.08 Å². The summed E-state index contributed by atoms with van der Waals surface area (Å²) in [6.45, 7) is 2.09. The van der Waals surface area contributed by atoms with Crippen molar-refractivity contribution in [2.75, 3.05) is 6.61 Å². The molecular formula is C17H13Br2NO4S. The third-order valence-electron chi connectivity index (χ3n) is 3.17. The molecule has 0 fully saturated rings. The van der Waals surface area contributed by atoms with E-state index < -0.39 is 14.7 Å². The fraction of sp³-hybridized carbons (Fsp3) is 0.118. The fourth-order valence-corrected chi connectivity index (χ4v) is 3.89. The van der Waals surface area contributed by atoms with Crippen molar-refractivity contribution in [3.05, 3.63) is 55.8 Å². The van der Waals surface area contributed by atoms with Crippen LogP contribution in [0, 0.1) is 11.3 Å². The molecule has 0 aliphatic rings. The maximum atomic E-state index is 12.6. The molecule has 0 aliphatic heterocycles. The molecule has 2 aromatic rings. The van der Waals surface area contributed by atoms with Crippen LogP contribution in [0.5, 0.6) is 11.5 Å². The molecule has 0 amide bonds. The molecule has 0 spiro atoms. The van der Waals surface area contributed by atoms with Crippen LogP contribution in [0.3, 0.4) is 0 Å². The van der Waals surface area contributed by atoms with Crippen LogP contribution in [0.15, 0.2) is 55.1 Å². The second-order valence-corrected chi connectivity index (χ2v) is 8.55. The first kappa shape index (κ1) is 19.5. The normalized spacial score (nSPS) is 11.8. The summed E-state index contributed by atoms with van der Waals surface area (Å²) in [6.07, 6.45) is 1.24. The highest BCUT2D eigenvalue weighted by Gasteiger charge is 2.21. The number of nitrogens with zero attached hydrogens (tertiary/aromatic N) is 1. The van der Waals surface area contributed by atoms with E-state index in [9.17, 15) is 18.8 Å². The average molecular weight is 487 g/mol. The zero-order valence-corrected chi connectivity index (χ0v) is 17.0. The number of hydrogen-bond acceptors (Lipinski definition) is 5. The Hall–Kier alpha value is -1.82. The predicted molar refractivity (Wildman–Crippen MR) is 102 cm³/mol. The smallest absolute Gasteiger partial charge is 0.216 e. The van der Waals surface area contributed by atoms with Gasteiger partial charge >= 0.3 is 0 Å². The summed E-state index contributed by atoms with van der Waals surface area (Å²) >= 11 is 6.43. The molecule has 1 N–H and O–H groups in total. The average Bonchev–Trinajstić information content (AvgIpc) is 2.57. The molecule has 0 aliphatic carbocycles. The van der Waals surface area contributed by atoms with Crippen molar-refractivity contribution in [3.8, 4) is 17.6 Å². The number of nitriles is 1. The maximum absolute atomic E-state index is 12.6. The van der Waals surface area contributed by atoms with Crippen LogP contribution in [0.4, 0.5) is 0 Å². The van der Waals surface area contributed by atoms with Crippen molar-refractivity contribution in [2.24, 2.45) is 0 Å². The zero-order chi connectivity index (χ0) is 18.6. The Morgan fingerprint density at radius 2 is 1.92 bits per heavy atom. The summed E-state index contributed by atoms with van der Waals surface area (Å²) in [4.78, 5) is -0.388. The van der Waals surface area contributed by atoms with Crippen LogP contribution in [-0.4, -0.2) is 20.1 Å². The van der Waals surface area contributed by atoms with E-state index in [0.29, 0.717) is 16.6 Å². The number of benzene rings is 2. The van der Waals surface area contributed by atoms with Gasteiger partial charge in [0, 0.05) is 4.47 Å². The van der Waals surface area contributed by atoms with Gasteiger partial charge in [-0.1, -0.05) is 15.9 Å². The quantitative estimate of drug-likeness (QED) is 0.621. The van der Waals surface area contributed by atoms with Gasteiger partial charge in [-0.05, 0) is 70.9 Å². The highest BCUT2D eigenvalue weighted by Crippen LogP contribution is 2.36. The van der Waals surface area contributed by atoms with E-state index in [2.05, 4.69) is 31.9 Å². The van der Waals surface area contributed by atoms with Crippen LogP contribution in [-0.2, 0) is 9.84 Å². The molecule has 0 saturated carbocycles. The lowest BCUT2D eigenvalue weighted by Crippen LogP contribution is -2.03. The molecule has 0 aromatic heterocycles. The van der Waals surface area contributed by atoms with Gasteiger partial charge in [-0.25, -0.2) is 8.42 Å². The van der Waals surface area contributed by atoms with Crippen LogP contribution in [0.2, 0.25) is 0 Å². The third-order valence-corrected chi connectivity index (χ3v) is 5.99. The molecule has 0 atom stereocenters. The summed E-state index contributed by atoms with van der Waals surface area (Å²) in [7, 11) is -3.95. The van der Waals surface area contributed by atoms with Gasteiger partial charge in [0.15, 0.2) is 11.5 Å². The molecule has 0 radical (unpaired) electrons. The highest BCUT2D eigenvalue weighted by molar-refractivity contribution is 9.10. The lowest BCUT2D eigenvalue weighted by molar-refractivity contribution is 0.317. The first-order chi connectivity index (χ1) is 11.8. The standard InChI is InChI=1S/C17H13Br2NO4S/c1-2-24-16-9-11(8-15(19)17(16)21)7-14(10-20)25(22,23)13-5-3-12(18)4-6-13/h3-9,21H,2H2,1H3. The van der Waals surface area contributed by atoms with Crippen LogP contribution in [0.1, 0.15) is 12.5 Å². The summed E-state index contributed by atoms with van der Waals surface area (Å²) in [5.74, 6) is 0.106. The predicted octanol–water partition coefficient (Wildman–Crippen LogP) is 4.65. The monoisotopic (exact) mass is 485 g/mol. The van der Waals surface area contributed by atoms with Crippen LogP contribution >= 0.6 is 31.9 Å². The minimum Gasteiger partial charge on any atom is -0.503 e. The Balaban J connectivity index is 2.54. The lowest BCUT2D eigenvalue weighted by atomic mass is 10.2. The van der Waals surface area contributed by atoms with E-state index >= 15 is 0 Å². The molecule has 0 heterocycles. The Labute approximate surface area is 162 Å². The van der Waals surface area contributed by atoms with Crippen molar-refractivity contribution in [1.82, 2.24) is 0 Å². The lowest BCUT2D eigenvalue weighted by Gasteiger charge is -2.09. The minimum atomic E-state index is -3.95. The maximum Gasteiger partial charge on any atom is 0.216 e. The van der Waals surface area contributed by atoms with Gasteiger partial charge in [-0.2, -0.15) is 5.26 Å². The number of phenolic OH excluding ortho intramolecular Hbond substituents is 1. The summed E-state index contributed by atoms with van der Waals surface area (Å²) in [5.41, 5.74) is 0.408. The summed E-state index contributed by atoms with van der Waals surface area (Å²) in [6, 6.07) is 10.7. The molecule has 8 heteroatoms. The van der Waals surface area contributed by atoms with E-state index in [1.165, 1.54) is 30.3 Å². The largest absolute Gasteiger partial charge is 0.503 e. The third kappa shape index (κ3) is 4.42. The SMILES string of the molecule is CCOc1cc(C=C(C#N)S(=O)(=O)c2ccc(Br)cc2)cc(Br)c1O. The minimum absolute atomic E-state index is 0.0198. The van der Waals surface area contributed by atoms with Crippen molar-refractivity contribution in [2.45, 2.75) is 11.8 Å². The Morgan fingerprint density at radius 3 is 2.48 bits per heavy atom. The summed E-state index contributed by atoms with van der Waals surface area (Å²) in [5, 5.41) is 19.3. The number of aromatic hydroxyl groups is 1. The van der Waals surface area contributed by atoms with Gasteiger partial charge in [0.05, 0.1) is 16.0 Å².